The van der Waals surface area contributed by atoms with Crippen LogP contribution >= 0.6 is 15.9 Å². The van der Waals surface area contributed by atoms with Gasteiger partial charge in [-0.3, -0.25) is 10.1 Å². The average Bonchev–Trinajstić information content (AvgIpc) is 2.42. The highest BCUT2D eigenvalue weighted by Gasteiger charge is 2.24. The molecule has 0 aliphatic carbocycles. The van der Waals surface area contributed by atoms with Crippen molar-refractivity contribution in [2.75, 3.05) is 10.7 Å². The van der Waals surface area contributed by atoms with Crippen LogP contribution in [0.1, 0.15) is 0 Å². The molecule has 0 saturated heterocycles. The number of hydrogen-bond donors (Lipinski definition) is 3. The molecule has 0 spiro atoms. The molecule has 0 aliphatic heterocycles. The van der Waals surface area contributed by atoms with E-state index in [9.17, 15) is 18.9 Å². The highest BCUT2D eigenvalue weighted by atomic mass is 79.9. The predicted octanol–water partition coefficient (Wildman–Crippen LogP) is 2.45. The van der Waals surface area contributed by atoms with Crippen LogP contribution in [0, 0.1) is 21.7 Å². The summed E-state index contributed by atoms with van der Waals surface area (Å²) < 4.78 is 27.6. The van der Waals surface area contributed by atoms with Crippen LogP contribution in [0.2, 0.25) is 0 Å². The first-order chi connectivity index (χ1) is 9.93. The van der Waals surface area contributed by atoms with Gasteiger partial charge < -0.3 is 10.7 Å². The molecule has 21 heavy (non-hydrogen) atoms. The van der Waals surface area contributed by atoms with Crippen LogP contribution in [0.3, 0.4) is 0 Å². The lowest BCUT2D eigenvalue weighted by Crippen LogP contribution is -2.13. The van der Waals surface area contributed by atoms with Gasteiger partial charge in [0.05, 0.1) is 4.92 Å². The monoisotopic (exact) mass is 360 g/mol. The Labute approximate surface area is 124 Å². The maximum atomic E-state index is 13.7. The van der Waals surface area contributed by atoms with Gasteiger partial charge in [0.15, 0.2) is 11.6 Å². The fraction of sp³-hybridized carbons (Fsp3) is 0. The van der Waals surface area contributed by atoms with Crippen molar-refractivity contribution in [1.82, 2.24) is 9.97 Å². The molecular weight excluding hydrogens is 354 g/mol. The zero-order valence-electron chi connectivity index (χ0n) is 10.1. The maximum Gasteiger partial charge on any atom is 0.354 e. The molecular formula is C10H7BrF2N6O2. The smallest absolute Gasteiger partial charge is 0.329 e. The van der Waals surface area contributed by atoms with E-state index < -0.39 is 33.8 Å². The highest BCUT2D eigenvalue weighted by molar-refractivity contribution is 9.10. The standard InChI is InChI=1S/C10H7BrF2N6O2/c11-4-1-5(12)7(6(13)2-4)17-9-8(19(20)21)10(18-14)16-3-15-9/h1-3H,14H2,(H2,15,16,17,18). The minimum atomic E-state index is -0.947. The summed E-state index contributed by atoms with van der Waals surface area (Å²) in [6.07, 6.45) is 0.958. The van der Waals surface area contributed by atoms with Gasteiger partial charge in [-0.2, -0.15) is 0 Å². The van der Waals surface area contributed by atoms with Crippen LogP contribution in [-0.2, 0) is 0 Å². The van der Waals surface area contributed by atoms with Gasteiger partial charge in [-0.1, -0.05) is 15.9 Å². The quantitative estimate of drug-likeness (QED) is 0.435. The Morgan fingerprint density at radius 1 is 1.24 bits per heavy atom. The Balaban J connectivity index is 2.52. The molecule has 1 aromatic heterocycles. The van der Waals surface area contributed by atoms with E-state index >= 15 is 0 Å². The van der Waals surface area contributed by atoms with Crippen molar-refractivity contribution >= 4 is 38.9 Å². The van der Waals surface area contributed by atoms with E-state index in [-0.39, 0.29) is 10.3 Å². The molecule has 8 nitrogen and oxygen atoms in total. The van der Waals surface area contributed by atoms with Gasteiger partial charge in [-0.15, -0.1) is 0 Å². The van der Waals surface area contributed by atoms with E-state index in [4.69, 9.17) is 5.84 Å². The molecule has 0 atom stereocenters. The largest absolute Gasteiger partial charge is 0.354 e. The first-order valence-corrected chi connectivity index (χ1v) is 6.11. The number of anilines is 3. The van der Waals surface area contributed by atoms with Crippen molar-refractivity contribution in [3.63, 3.8) is 0 Å². The molecule has 1 heterocycles. The fourth-order valence-corrected chi connectivity index (χ4v) is 1.93. The van der Waals surface area contributed by atoms with Crippen molar-refractivity contribution in [3.8, 4) is 0 Å². The van der Waals surface area contributed by atoms with E-state index in [2.05, 4.69) is 31.2 Å². The molecule has 2 aromatic rings. The molecule has 0 unspecified atom stereocenters. The van der Waals surface area contributed by atoms with Gasteiger partial charge >= 0.3 is 5.69 Å². The zero-order chi connectivity index (χ0) is 15.6. The third-order valence-corrected chi connectivity index (χ3v) is 2.85. The normalized spacial score (nSPS) is 10.3. The Hall–Kier alpha value is -2.40. The Bertz CT molecular complexity index is 691. The number of rotatable bonds is 4. The number of aromatic nitrogens is 2. The van der Waals surface area contributed by atoms with Gasteiger partial charge in [0.2, 0.25) is 11.6 Å². The average molecular weight is 361 g/mol. The number of halogens is 3. The van der Waals surface area contributed by atoms with Gasteiger partial charge in [0, 0.05) is 4.47 Å². The number of nitrogens with zero attached hydrogens (tertiary/aromatic N) is 3. The first-order valence-electron chi connectivity index (χ1n) is 5.31. The van der Waals surface area contributed by atoms with Crippen LogP contribution in [0.4, 0.5) is 31.8 Å². The lowest BCUT2D eigenvalue weighted by atomic mass is 10.3. The summed E-state index contributed by atoms with van der Waals surface area (Å²) in [5.74, 6) is 2.51. The SMILES string of the molecule is NNc1ncnc(Nc2c(F)cc(Br)cc2F)c1[N+](=O)[O-]. The summed E-state index contributed by atoms with van der Waals surface area (Å²) in [6.45, 7) is 0. The second kappa shape index (κ2) is 5.93. The van der Waals surface area contributed by atoms with E-state index in [1.54, 1.807) is 0 Å². The molecule has 0 aliphatic rings. The van der Waals surface area contributed by atoms with Gasteiger partial charge in [0.25, 0.3) is 0 Å². The van der Waals surface area contributed by atoms with Gasteiger partial charge in [-0.05, 0) is 12.1 Å². The maximum absolute atomic E-state index is 13.7. The third kappa shape index (κ3) is 3.03. The van der Waals surface area contributed by atoms with Crippen LogP contribution < -0.4 is 16.6 Å². The molecule has 2 rings (SSSR count). The van der Waals surface area contributed by atoms with Crippen LogP contribution in [0.25, 0.3) is 0 Å². The van der Waals surface area contributed by atoms with Crippen molar-refractivity contribution in [3.05, 3.63) is 44.7 Å². The van der Waals surface area contributed by atoms with Gasteiger partial charge in [-0.25, -0.2) is 24.6 Å². The number of hydrazine groups is 1. The van der Waals surface area contributed by atoms with E-state index in [1.807, 2.05) is 5.43 Å². The lowest BCUT2D eigenvalue weighted by Gasteiger charge is -2.10. The molecule has 4 N–H and O–H groups in total. The third-order valence-electron chi connectivity index (χ3n) is 2.39. The van der Waals surface area contributed by atoms with Crippen LogP contribution in [0.15, 0.2) is 22.9 Å². The zero-order valence-corrected chi connectivity index (χ0v) is 11.7. The summed E-state index contributed by atoms with van der Waals surface area (Å²) in [5, 5.41) is 13.2. The lowest BCUT2D eigenvalue weighted by molar-refractivity contribution is -0.383. The van der Waals surface area contributed by atoms with E-state index in [0.717, 1.165) is 18.5 Å². The number of nitrogen functional groups attached to an aromatic ring is 1. The summed E-state index contributed by atoms with van der Waals surface area (Å²) in [7, 11) is 0. The highest BCUT2D eigenvalue weighted by Crippen LogP contribution is 2.33. The summed E-state index contributed by atoms with van der Waals surface area (Å²) in [5.41, 5.74) is 0.796. The van der Waals surface area contributed by atoms with Gasteiger partial charge in [0.1, 0.15) is 12.0 Å². The second-order valence-electron chi connectivity index (χ2n) is 3.69. The first kappa shape index (κ1) is 15.0. The van der Waals surface area contributed by atoms with Crippen LogP contribution in [-0.4, -0.2) is 14.9 Å². The molecule has 11 heteroatoms. The molecule has 110 valence electrons. The number of benzene rings is 1. The van der Waals surface area contributed by atoms with Crippen molar-refractivity contribution in [2.24, 2.45) is 5.84 Å². The molecule has 0 radical (unpaired) electrons. The molecule has 1 aromatic carbocycles. The minimum Gasteiger partial charge on any atom is -0.329 e. The topological polar surface area (TPSA) is 119 Å². The number of hydrogen-bond acceptors (Lipinski definition) is 7. The van der Waals surface area contributed by atoms with Crippen LogP contribution in [0.5, 0.6) is 0 Å². The molecule has 0 bridgehead atoms. The van der Waals surface area contributed by atoms with Crippen molar-refractivity contribution in [1.29, 1.82) is 0 Å². The number of nitrogens with two attached hydrogens (primary N) is 1. The fourth-order valence-electron chi connectivity index (χ4n) is 1.53. The summed E-state index contributed by atoms with van der Waals surface area (Å²) >= 11 is 2.92. The summed E-state index contributed by atoms with van der Waals surface area (Å²) in [6, 6.07) is 2.00. The number of nitrogens with one attached hydrogen (secondary N) is 2. The minimum absolute atomic E-state index is 0.185. The molecule has 0 amide bonds. The molecule has 0 fully saturated rings. The predicted molar refractivity (Wildman–Crippen MR) is 73.8 cm³/mol. The Morgan fingerprint density at radius 2 is 1.81 bits per heavy atom. The van der Waals surface area contributed by atoms with E-state index in [1.165, 1.54) is 0 Å². The van der Waals surface area contributed by atoms with E-state index in [0.29, 0.717) is 0 Å². The molecule has 0 saturated carbocycles. The second-order valence-corrected chi connectivity index (χ2v) is 4.61. The Morgan fingerprint density at radius 3 is 2.33 bits per heavy atom. The Kier molecular flexibility index (Phi) is 4.23. The summed E-state index contributed by atoms with van der Waals surface area (Å²) in [4.78, 5) is 17.3. The van der Waals surface area contributed by atoms with Crippen molar-refractivity contribution < 1.29 is 13.7 Å². The van der Waals surface area contributed by atoms with Crippen molar-refractivity contribution in [2.45, 2.75) is 0 Å². The number of nitro groups is 1.